The topological polar surface area (TPSA) is 49.6 Å². The lowest BCUT2D eigenvalue weighted by molar-refractivity contribution is -0.136. The van der Waals surface area contributed by atoms with E-state index in [9.17, 15) is 4.79 Å². The van der Waals surface area contributed by atoms with Gasteiger partial charge in [-0.2, -0.15) is 0 Å². The zero-order chi connectivity index (χ0) is 12.5. The van der Waals surface area contributed by atoms with Gasteiger partial charge in [0.05, 0.1) is 5.54 Å². The van der Waals surface area contributed by atoms with E-state index in [1.54, 1.807) is 0 Å². The summed E-state index contributed by atoms with van der Waals surface area (Å²) in [7, 11) is 4.10. The van der Waals surface area contributed by atoms with Crippen LogP contribution in [0.15, 0.2) is 0 Å². The van der Waals surface area contributed by atoms with E-state index in [-0.39, 0.29) is 5.91 Å². The van der Waals surface area contributed by atoms with Crippen molar-refractivity contribution >= 4 is 5.91 Å². The zero-order valence-electron chi connectivity index (χ0n) is 11.1. The number of rotatable bonds is 5. The molecular weight excluding hydrogens is 214 g/mol. The maximum absolute atomic E-state index is 12.4. The maximum Gasteiger partial charge on any atom is 0.242 e. The fraction of sp³-hybridized carbons (Fsp3) is 0.923. The number of likely N-dealkylation sites (N-methyl/N-ethyl adjacent to an activating group) is 1. The van der Waals surface area contributed by atoms with Gasteiger partial charge in [-0.1, -0.05) is 12.8 Å². The minimum Gasteiger partial charge on any atom is -0.337 e. The molecule has 0 unspecified atom stereocenters. The summed E-state index contributed by atoms with van der Waals surface area (Å²) in [6.07, 6.45) is 6.58. The Labute approximate surface area is 104 Å². The highest BCUT2D eigenvalue weighted by molar-refractivity contribution is 5.89. The highest BCUT2D eigenvalue weighted by atomic mass is 16.2. The second-order valence-electron chi connectivity index (χ2n) is 5.90. The van der Waals surface area contributed by atoms with Crippen molar-refractivity contribution in [2.45, 2.75) is 50.1 Å². The number of amides is 1. The van der Waals surface area contributed by atoms with E-state index >= 15 is 0 Å². The van der Waals surface area contributed by atoms with Crippen LogP contribution in [-0.2, 0) is 4.79 Å². The van der Waals surface area contributed by atoms with Crippen LogP contribution in [0.2, 0.25) is 0 Å². The van der Waals surface area contributed by atoms with Crippen LogP contribution in [0.5, 0.6) is 0 Å². The van der Waals surface area contributed by atoms with Crippen LogP contribution in [0.4, 0.5) is 0 Å². The number of carbonyl (C=O) groups excluding carboxylic acids is 1. The summed E-state index contributed by atoms with van der Waals surface area (Å²) in [4.78, 5) is 16.6. The molecule has 0 heterocycles. The van der Waals surface area contributed by atoms with Gasteiger partial charge in [0.1, 0.15) is 0 Å². The van der Waals surface area contributed by atoms with Crippen LogP contribution < -0.4 is 5.73 Å². The first-order chi connectivity index (χ1) is 8.03. The Bertz CT molecular complexity index is 280. The van der Waals surface area contributed by atoms with Crippen LogP contribution in [0.25, 0.3) is 0 Å². The van der Waals surface area contributed by atoms with Crippen molar-refractivity contribution in [2.24, 2.45) is 5.73 Å². The highest BCUT2D eigenvalue weighted by Crippen LogP contribution is 2.36. The molecular formula is C13H25N3O. The number of hydrogen-bond donors (Lipinski definition) is 1. The van der Waals surface area contributed by atoms with E-state index in [2.05, 4.69) is 9.80 Å². The fourth-order valence-electron chi connectivity index (χ4n) is 2.61. The standard InChI is InChI=1S/C13H25N3O/c1-15(2)9-10-16(11-5-3-4-6-11)12(17)13(14)7-8-13/h11H,3-10,14H2,1-2H3. The van der Waals surface area contributed by atoms with Gasteiger partial charge in [-0.15, -0.1) is 0 Å². The van der Waals surface area contributed by atoms with E-state index in [1.165, 1.54) is 12.8 Å². The molecule has 4 nitrogen and oxygen atoms in total. The van der Waals surface area contributed by atoms with Gasteiger partial charge in [-0.3, -0.25) is 4.79 Å². The Morgan fingerprint density at radius 3 is 2.29 bits per heavy atom. The molecule has 2 rings (SSSR count). The lowest BCUT2D eigenvalue weighted by atomic mass is 10.1. The van der Waals surface area contributed by atoms with Gasteiger partial charge >= 0.3 is 0 Å². The lowest BCUT2D eigenvalue weighted by Crippen LogP contribution is -2.51. The molecule has 2 aliphatic rings. The summed E-state index contributed by atoms with van der Waals surface area (Å²) < 4.78 is 0. The van der Waals surface area contributed by atoms with E-state index < -0.39 is 5.54 Å². The van der Waals surface area contributed by atoms with Gasteiger partial charge in [-0.05, 0) is 39.8 Å². The Morgan fingerprint density at radius 1 is 1.24 bits per heavy atom. The number of nitrogens with two attached hydrogens (primary N) is 1. The molecule has 0 aliphatic heterocycles. The van der Waals surface area contributed by atoms with Crippen molar-refractivity contribution in [3.63, 3.8) is 0 Å². The van der Waals surface area contributed by atoms with Crippen molar-refractivity contribution in [1.82, 2.24) is 9.80 Å². The monoisotopic (exact) mass is 239 g/mol. The zero-order valence-corrected chi connectivity index (χ0v) is 11.1. The molecule has 2 fully saturated rings. The summed E-state index contributed by atoms with van der Waals surface area (Å²) in [5.41, 5.74) is 5.56. The SMILES string of the molecule is CN(C)CCN(C(=O)C1(N)CC1)C1CCCC1. The molecule has 0 saturated heterocycles. The summed E-state index contributed by atoms with van der Waals surface area (Å²) in [5, 5.41) is 0. The second-order valence-corrected chi connectivity index (χ2v) is 5.90. The Balaban J connectivity index is 1.98. The van der Waals surface area contributed by atoms with Gasteiger partial charge in [0, 0.05) is 19.1 Å². The van der Waals surface area contributed by atoms with Crippen molar-refractivity contribution < 1.29 is 4.79 Å². The molecule has 0 spiro atoms. The normalized spacial score (nSPS) is 23.1. The van der Waals surface area contributed by atoms with Gasteiger partial charge in [-0.25, -0.2) is 0 Å². The first-order valence-electron chi connectivity index (χ1n) is 6.78. The largest absolute Gasteiger partial charge is 0.337 e. The molecule has 2 N–H and O–H groups in total. The molecule has 0 atom stereocenters. The molecule has 1 amide bonds. The molecule has 0 bridgehead atoms. The predicted octanol–water partition coefficient (Wildman–Crippen LogP) is 0.811. The van der Waals surface area contributed by atoms with E-state index in [0.29, 0.717) is 6.04 Å². The van der Waals surface area contributed by atoms with Crippen LogP contribution in [0, 0.1) is 0 Å². The predicted molar refractivity (Wildman–Crippen MR) is 68.7 cm³/mol. The molecule has 0 aromatic carbocycles. The summed E-state index contributed by atoms with van der Waals surface area (Å²) >= 11 is 0. The molecule has 0 aromatic rings. The molecule has 0 radical (unpaired) electrons. The first-order valence-corrected chi connectivity index (χ1v) is 6.78. The highest BCUT2D eigenvalue weighted by Gasteiger charge is 2.49. The van der Waals surface area contributed by atoms with Crippen molar-refractivity contribution in [2.75, 3.05) is 27.2 Å². The third kappa shape index (κ3) is 2.99. The molecule has 2 saturated carbocycles. The number of hydrogen-bond acceptors (Lipinski definition) is 3. The van der Waals surface area contributed by atoms with Crippen LogP contribution >= 0.6 is 0 Å². The van der Waals surface area contributed by atoms with Crippen molar-refractivity contribution in [3.8, 4) is 0 Å². The average Bonchev–Trinajstić information content (AvgIpc) is 2.80. The smallest absolute Gasteiger partial charge is 0.242 e. The third-order valence-corrected chi connectivity index (χ3v) is 4.03. The van der Waals surface area contributed by atoms with Crippen LogP contribution in [0.3, 0.4) is 0 Å². The Kier molecular flexibility index (Phi) is 3.73. The van der Waals surface area contributed by atoms with Gasteiger partial charge in [0.25, 0.3) is 0 Å². The van der Waals surface area contributed by atoms with Gasteiger partial charge in [0.15, 0.2) is 0 Å². The van der Waals surface area contributed by atoms with E-state index in [4.69, 9.17) is 5.73 Å². The summed E-state index contributed by atoms with van der Waals surface area (Å²) in [5.74, 6) is 0.200. The number of nitrogens with zero attached hydrogens (tertiary/aromatic N) is 2. The van der Waals surface area contributed by atoms with Gasteiger partial charge in [0.2, 0.25) is 5.91 Å². The molecule has 98 valence electrons. The quantitative estimate of drug-likeness (QED) is 0.772. The van der Waals surface area contributed by atoms with Gasteiger partial charge < -0.3 is 15.5 Å². The Hall–Kier alpha value is -0.610. The minimum absolute atomic E-state index is 0.200. The van der Waals surface area contributed by atoms with E-state index in [1.807, 2.05) is 14.1 Å². The van der Waals surface area contributed by atoms with Crippen LogP contribution in [0.1, 0.15) is 38.5 Å². The maximum atomic E-state index is 12.4. The Morgan fingerprint density at radius 2 is 1.82 bits per heavy atom. The third-order valence-electron chi connectivity index (χ3n) is 4.03. The second kappa shape index (κ2) is 4.94. The molecule has 2 aliphatic carbocycles. The average molecular weight is 239 g/mol. The minimum atomic E-state index is -0.505. The molecule has 4 heteroatoms. The molecule has 0 aromatic heterocycles. The molecule has 17 heavy (non-hydrogen) atoms. The lowest BCUT2D eigenvalue weighted by Gasteiger charge is -2.32. The van der Waals surface area contributed by atoms with Crippen molar-refractivity contribution in [1.29, 1.82) is 0 Å². The summed E-state index contributed by atoms with van der Waals surface area (Å²) in [6, 6.07) is 0.448. The van der Waals surface area contributed by atoms with Crippen molar-refractivity contribution in [3.05, 3.63) is 0 Å². The van der Waals surface area contributed by atoms with Crippen LogP contribution in [-0.4, -0.2) is 54.5 Å². The first kappa shape index (κ1) is 12.8. The van der Waals surface area contributed by atoms with E-state index in [0.717, 1.165) is 38.8 Å². The fourth-order valence-corrected chi connectivity index (χ4v) is 2.61. The summed E-state index contributed by atoms with van der Waals surface area (Å²) in [6.45, 7) is 1.76. The number of carbonyl (C=O) groups is 1.